The summed E-state index contributed by atoms with van der Waals surface area (Å²) in [5.41, 5.74) is 6.04. The molecule has 1 aliphatic carbocycles. The largest absolute Gasteiger partial charge is 0.392 e. The van der Waals surface area contributed by atoms with E-state index in [2.05, 4.69) is 5.32 Å². The number of benzene rings is 2. The molecule has 0 radical (unpaired) electrons. The molecule has 0 unspecified atom stereocenters. The van der Waals surface area contributed by atoms with Gasteiger partial charge in [0.15, 0.2) is 5.82 Å². The molecule has 2 heterocycles. The van der Waals surface area contributed by atoms with Crippen molar-refractivity contribution in [1.29, 1.82) is 0 Å². The van der Waals surface area contributed by atoms with E-state index in [1.54, 1.807) is 12.1 Å². The minimum atomic E-state index is -0.332. The topological polar surface area (TPSA) is 75.1 Å². The second-order valence-corrected chi connectivity index (χ2v) is 8.64. The third-order valence-electron chi connectivity index (χ3n) is 5.50. The smallest absolute Gasteiger partial charge is 0.230 e. The molecule has 4 aromatic rings. The molecule has 0 bridgehead atoms. The summed E-state index contributed by atoms with van der Waals surface area (Å²) in [6, 6.07) is 15.7. The van der Waals surface area contributed by atoms with Gasteiger partial charge in [0, 0.05) is 5.56 Å². The van der Waals surface area contributed by atoms with Crippen LogP contribution in [0.25, 0.3) is 21.8 Å². The molecule has 2 aromatic heterocycles. The number of nitrogens with one attached hydrogen (secondary N) is 1. The van der Waals surface area contributed by atoms with Crippen LogP contribution in [0.3, 0.4) is 0 Å². The van der Waals surface area contributed by atoms with Gasteiger partial charge in [0.05, 0.1) is 29.3 Å². The van der Waals surface area contributed by atoms with Gasteiger partial charge in [-0.2, -0.15) is 0 Å². The van der Waals surface area contributed by atoms with Gasteiger partial charge in [0.1, 0.15) is 11.5 Å². The lowest BCUT2D eigenvalue weighted by molar-refractivity contribution is -0.115. The van der Waals surface area contributed by atoms with E-state index in [4.69, 9.17) is 9.97 Å². The monoisotopic (exact) mass is 445 g/mol. The van der Waals surface area contributed by atoms with E-state index in [9.17, 15) is 14.3 Å². The van der Waals surface area contributed by atoms with Crippen LogP contribution >= 0.6 is 11.3 Å². The number of aliphatic hydroxyl groups excluding tert-OH is 1. The summed E-state index contributed by atoms with van der Waals surface area (Å²) in [5.74, 6) is -0.123. The number of hydrogen-bond donors (Lipinski definition) is 2. The molecule has 0 spiro atoms. The summed E-state index contributed by atoms with van der Waals surface area (Å²) in [7, 11) is 0. The molecule has 2 aromatic carbocycles. The van der Waals surface area contributed by atoms with Crippen LogP contribution in [0.2, 0.25) is 0 Å². The molecule has 0 saturated heterocycles. The van der Waals surface area contributed by atoms with Gasteiger partial charge in [-0.3, -0.25) is 4.79 Å². The number of amides is 1. The summed E-state index contributed by atoms with van der Waals surface area (Å²) in [6.45, 7) is 0.00524. The number of aliphatic hydroxyl groups is 1. The molecule has 160 valence electrons. The Morgan fingerprint density at radius 1 is 1.03 bits per heavy atom. The number of fused-ring (bicyclic) bond motifs is 3. The molecule has 7 heteroatoms. The third-order valence-corrected chi connectivity index (χ3v) is 6.37. The molecule has 0 aliphatic heterocycles. The highest BCUT2D eigenvalue weighted by atomic mass is 32.1. The van der Waals surface area contributed by atoms with Crippen molar-refractivity contribution in [2.24, 2.45) is 0 Å². The van der Waals surface area contributed by atoms with Gasteiger partial charge in [0.25, 0.3) is 0 Å². The van der Waals surface area contributed by atoms with Gasteiger partial charge in [-0.05, 0) is 53.1 Å². The predicted molar refractivity (Wildman–Crippen MR) is 123 cm³/mol. The Hall–Kier alpha value is -3.42. The fourth-order valence-corrected chi connectivity index (χ4v) is 4.65. The number of anilines is 1. The number of halogens is 1. The highest BCUT2D eigenvalue weighted by Gasteiger charge is 2.23. The van der Waals surface area contributed by atoms with Crippen molar-refractivity contribution < 1.29 is 14.3 Å². The molecule has 1 aliphatic rings. The maximum absolute atomic E-state index is 13.2. The van der Waals surface area contributed by atoms with Crippen LogP contribution in [-0.2, 0) is 30.7 Å². The van der Waals surface area contributed by atoms with Gasteiger partial charge in [-0.1, -0.05) is 36.4 Å². The van der Waals surface area contributed by atoms with Gasteiger partial charge >= 0.3 is 0 Å². The van der Waals surface area contributed by atoms with E-state index < -0.39 is 0 Å². The van der Waals surface area contributed by atoms with Gasteiger partial charge < -0.3 is 10.4 Å². The van der Waals surface area contributed by atoms with Crippen molar-refractivity contribution in [2.75, 3.05) is 5.32 Å². The molecular weight excluding hydrogens is 425 g/mol. The van der Waals surface area contributed by atoms with Crippen LogP contribution < -0.4 is 5.32 Å². The lowest BCUT2D eigenvalue weighted by atomic mass is 9.90. The predicted octanol–water partition coefficient (Wildman–Crippen LogP) is 4.78. The number of rotatable bonds is 5. The standard InChI is InChI=1S/C25H20FN3O2S/c26-18-7-3-15(4-8-18)13-22(31)28-25-24(21-2-1-11-32-21)29-23-19-9-5-16(14-30)12-17(19)6-10-20(23)27-25/h1-5,7-9,11-12,30H,6,10,13-14H2,(H,27,28,31). The molecule has 0 saturated carbocycles. The van der Waals surface area contributed by atoms with E-state index in [0.29, 0.717) is 17.9 Å². The van der Waals surface area contributed by atoms with Crippen molar-refractivity contribution in [3.63, 3.8) is 0 Å². The van der Waals surface area contributed by atoms with Crippen molar-refractivity contribution in [3.05, 3.63) is 88.2 Å². The van der Waals surface area contributed by atoms with Crippen LogP contribution in [-0.4, -0.2) is 21.0 Å². The first-order valence-corrected chi connectivity index (χ1v) is 11.2. The normalized spacial score (nSPS) is 12.2. The Morgan fingerprint density at radius 2 is 1.84 bits per heavy atom. The molecule has 5 rings (SSSR count). The van der Waals surface area contributed by atoms with Crippen LogP contribution in [0.4, 0.5) is 10.2 Å². The van der Waals surface area contributed by atoms with Gasteiger partial charge in [-0.25, -0.2) is 14.4 Å². The maximum Gasteiger partial charge on any atom is 0.230 e. The van der Waals surface area contributed by atoms with E-state index in [-0.39, 0.29) is 24.8 Å². The van der Waals surface area contributed by atoms with Crippen LogP contribution in [0.1, 0.15) is 22.4 Å². The zero-order valence-corrected chi connectivity index (χ0v) is 18.0. The quantitative estimate of drug-likeness (QED) is 0.464. The van der Waals surface area contributed by atoms with Crippen molar-refractivity contribution in [3.8, 4) is 21.8 Å². The Kier molecular flexibility index (Phi) is 5.51. The van der Waals surface area contributed by atoms with Gasteiger partial charge in [0.2, 0.25) is 5.91 Å². The Bertz CT molecular complexity index is 1290. The second kappa shape index (κ2) is 8.61. The summed E-state index contributed by atoms with van der Waals surface area (Å²) in [5, 5.41) is 14.3. The summed E-state index contributed by atoms with van der Waals surface area (Å²) in [6.07, 6.45) is 1.62. The van der Waals surface area contributed by atoms with Crippen LogP contribution in [0.15, 0.2) is 60.0 Å². The second-order valence-electron chi connectivity index (χ2n) is 7.69. The molecule has 0 fully saturated rings. The molecule has 0 atom stereocenters. The minimum Gasteiger partial charge on any atom is -0.392 e. The number of nitrogens with zero attached hydrogens (tertiary/aromatic N) is 2. The van der Waals surface area contributed by atoms with Crippen molar-refractivity contribution in [2.45, 2.75) is 25.9 Å². The number of carbonyl (C=O) groups is 1. The Balaban J connectivity index is 1.51. The highest BCUT2D eigenvalue weighted by Crippen LogP contribution is 2.37. The number of carbonyl (C=O) groups excluding carboxylic acids is 1. The first-order valence-electron chi connectivity index (χ1n) is 10.3. The summed E-state index contributed by atoms with van der Waals surface area (Å²) >= 11 is 1.53. The fourth-order valence-electron chi connectivity index (χ4n) is 3.93. The van der Waals surface area contributed by atoms with Crippen molar-refractivity contribution in [1.82, 2.24) is 9.97 Å². The lowest BCUT2D eigenvalue weighted by Gasteiger charge is -2.21. The molecule has 5 nitrogen and oxygen atoms in total. The van der Waals surface area contributed by atoms with E-state index >= 15 is 0 Å². The van der Waals surface area contributed by atoms with E-state index in [1.165, 1.54) is 23.5 Å². The molecule has 1 amide bonds. The fraction of sp³-hybridized carbons (Fsp3) is 0.160. The van der Waals surface area contributed by atoms with E-state index in [1.807, 2.05) is 35.7 Å². The first-order chi connectivity index (χ1) is 15.6. The lowest BCUT2D eigenvalue weighted by Crippen LogP contribution is -2.18. The molecule has 2 N–H and O–H groups in total. The Morgan fingerprint density at radius 3 is 2.59 bits per heavy atom. The van der Waals surface area contributed by atoms with Gasteiger partial charge in [-0.15, -0.1) is 11.3 Å². The number of thiophene rings is 1. The average molecular weight is 446 g/mol. The molecular formula is C25H20FN3O2S. The van der Waals surface area contributed by atoms with E-state index in [0.717, 1.165) is 44.9 Å². The van der Waals surface area contributed by atoms with Crippen LogP contribution in [0.5, 0.6) is 0 Å². The number of hydrogen-bond acceptors (Lipinski definition) is 5. The highest BCUT2D eigenvalue weighted by molar-refractivity contribution is 7.13. The number of aromatic nitrogens is 2. The number of aryl methyl sites for hydroxylation is 2. The maximum atomic E-state index is 13.2. The Labute approximate surface area is 188 Å². The minimum absolute atomic E-state index is 0.00524. The van der Waals surface area contributed by atoms with Crippen molar-refractivity contribution >= 4 is 23.1 Å². The first kappa shape index (κ1) is 20.5. The van der Waals surface area contributed by atoms with Crippen LogP contribution in [0, 0.1) is 5.82 Å². The third kappa shape index (κ3) is 4.04. The SMILES string of the molecule is O=C(Cc1ccc(F)cc1)Nc1nc2c(nc1-c1cccs1)-c1ccc(CO)cc1CC2. The molecule has 32 heavy (non-hydrogen) atoms. The zero-order valence-electron chi connectivity index (χ0n) is 17.1. The average Bonchev–Trinajstić information content (AvgIpc) is 3.34. The summed E-state index contributed by atoms with van der Waals surface area (Å²) < 4.78 is 13.2. The summed E-state index contributed by atoms with van der Waals surface area (Å²) in [4.78, 5) is 23.4. The zero-order chi connectivity index (χ0) is 22.1.